The van der Waals surface area contributed by atoms with Crippen molar-refractivity contribution in [2.75, 3.05) is 0 Å². The van der Waals surface area contributed by atoms with Gasteiger partial charge in [0.1, 0.15) is 0 Å². The van der Waals surface area contributed by atoms with Crippen molar-refractivity contribution in [3.05, 3.63) is 0 Å². The van der Waals surface area contributed by atoms with E-state index in [1.165, 1.54) is 167 Å². The van der Waals surface area contributed by atoms with Crippen LogP contribution in [0.3, 0.4) is 0 Å². The maximum Gasteiger partial charge on any atom is 0.198 e. The van der Waals surface area contributed by atoms with Crippen LogP contribution >= 0.6 is 0 Å². The summed E-state index contributed by atoms with van der Waals surface area (Å²) in [6.07, 6.45) is 41.0. The highest BCUT2D eigenvalue weighted by Gasteiger charge is 2.09. The molecule has 1 radical (unpaired) electrons. The highest BCUT2D eigenvalue weighted by atomic mass is 16.1. The summed E-state index contributed by atoms with van der Waals surface area (Å²) in [6, 6.07) is 0. The predicted molar refractivity (Wildman–Crippen MR) is 150 cm³/mol. The molecule has 1 heteroatoms. The number of rotatable bonds is 29. The Hall–Kier alpha value is -0.330. The van der Waals surface area contributed by atoms with Gasteiger partial charge in [-0.3, -0.25) is 4.79 Å². The summed E-state index contributed by atoms with van der Waals surface area (Å²) in [5.74, 6) is 1.01. The summed E-state index contributed by atoms with van der Waals surface area (Å²) in [6.45, 7) is 4.62. The molecule has 0 fully saturated rings. The van der Waals surface area contributed by atoms with E-state index in [4.69, 9.17) is 0 Å². The fourth-order valence-electron chi connectivity index (χ4n) is 5.26. The van der Waals surface area contributed by atoms with Crippen LogP contribution in [-0.4, -0.2) is 6.29 Å². The quantitative estimate of drug-likeness (QED) is 0.101. The molecule has 33 heavy (non-hydrogen) atoms. The van der Waals surface area contributed by atoms with E-state index < -0.39 is 0 Å². The van der Waals surface area contributed by atoms with Gasteiger partial charge in [-0.25, -0.2) is 0 Å². The lowest BCUT2D eigenvalue weighted by atomic mass is 9.89. The van der Waals surface area contributed by atoms with E-state index in [2.05, 4.69) is 13.8 Å². The zero-order chi connectivity index (χ0) is 24.1. The van der Waals surface area contributed by atoms with Crippen molar-refractivity contribution in [2.24, 2.45) is 5.92 Å². The fourth-order valence-corrected chi connectivity index (χ4v) is 5.26. The SMILES string of the molecule is CCCCCCCCCCCC(CCCCCCCC)CCCCCCCCCCC[C]=O. The van der Waals surface area contributed by atoms with Gasteiger partial charge >= 0.3 is 0 Å². The molecular formula is C32H63O. The summed E-state index contributed by atoms with van der Waals surface area (Å²) in [5, 5.41) is 0. The van der Waals surface area contributed by atoms with E-state index >= 15 is 0 Å². The summed E-state index contributed by atoms with van der Waals surface area (Å²) in [7, 11) is 0. The molecule has 1 atom stereocenters. The van der Waals surface area contributed by atoms with E-state index in [0.717, 1.165) is 12.3 Å². The van der Waals surface area contributed by atoms with Gasteiger partial charge < -0.3 is 0 Å². The largest absolute Gasteiger partial charge is 0.291 e. The Labute approximate surface area is 210 Å². The Bertz CT molecular complexity index is 350. The van der Waals surface area contributed by atoms with Gasteiger partial charge in [0, 0.05) is 6.42 Å². The second-order valence-electron chi connectivity index (χ2n) is 10.9. The number of hydrogen-bond acceptors (Lipinski definition) is 1. The van der Waals surface area contributed by atoms with Crippen LogP contribution in [0.4, 0.5) is 0 Å². The van der Waals surface area contributed by atoms with Gasteiger partial charge in [-0.1, -0.05) is 181 Å². The summed E-state index contributed by atoms with van der Waals surface area (Å²) < 4.78 is 0. The Morgan fingerprint density at radius 2 is 0.667 bits per heavy atom. The Balaban J connectivity index is 3.79. The first-order chi connectivity index (χ1) is 16.3. The van der Waals surface area contributed by atoms with E-state index in [1.54, 1.807) is 0 Å². The van der Waals surface area contributed by atoms with Crippen LogP contribution in [0.2, 0.25) is 0 Å². The predicted octanol–water partition coefficient (Wildman–Crippen LogP) is 11.7. The molecule has 1 nitrogen and oxygen atoms in total. The van der Waals surface area contributed by atoms with Crippen molar-refractivity contribution in [1.29, 1.82) is 0 Å². The maximum atomic E-state index is 10.2. The lowest BCUT2D eigenvalue weighted by molar-refractivity contribution is 0.365. The second kappa shape index (κ2) is 29.7. The van der Waals surface area contributed by atoms with E-state index in [-0.39, 0.29) is 0 Å². The van der Waals surface area contributed by atoms with Crippen LogP contribution in [-0.2, 0) is 4.79 Å². The Morgan fingerprint density at radius 1 is 0.394 bits per heavy atom. The van der Waals surface area contributed by atoms with Gasteiger partial charge in [0.2, 0.25) is 0 Å². The molecular weight excluding hydrogens is 400 g/mol. The summed E-state index contributed by atoms with van der Waals surface area (Å²) in [4.78, 5) is 10.2. The molecule has 197 valence electrons. The molecule has 0 aromatic carbocycles. The van der Waals surface area contributed by atoms with Crippen molar-refractivity contribution in [2.45, 2.75) is 194 Å². The van der Waals surface area contributed by atoms with Gasteiger partial charge in [0.05, 0.1) is 0 Å². The minimum atomic E-state index is 0.638. The van der Waals surface area contributed by atoms with Crippen molar-refractivity contribution >= 4 is 6.29 Å². The molecule has 0 aromatic heterocycles. The molecule has 0 amide bonds. The summed E-state index contributed by atoms with van der Waals surface area (Å²) >= 11 is 0. The standard InChI is InChI=1S/C32H63O/c1-3-5-7-9-11-14-17-21-25-29-32(28-24-20-10-8-6-4-2)30-26-22-18-15-12-13-16-19-23-27-31-33/h32H,3-30H2,1-2H3. The molecule has 0 saturated carbocycles. The van der Waals surface area contributed by atoms with Crippen LogP contribution in [0.5, 0.6) is 0 Å². The minimum Gasteiger partial charge on any atom is -0.291 e. The lowest BCUT2D eigenvalue weighted by Crippen LogP contribution is -2.01. The minimum absolute atomic E-state index is 0.638. The van der Waals surface area contributed by atoms with E-state index in [9.17, 15) is 4.79 Å². The molecule has 0 spiro atoms. The van der Waals surface area contributed by atoms with Gasteiger partial charge in [-0.15, -0.1) is 0 Å². The van der Waals surface area contributed by atoms with Crippen LogP contribution in [0, 0.1) is 5.92 Å². The Morgan fingerprint density at radius 3 is 0.970 bits per heavy atom. The monoisotopic (exact) mass is 463 g/mol. The highest BCUT2D eigenvalue weighted by Crippen LogP contribution is 2.25. The first kappa shape index (κ1) is 32.7. The fraction of sp³-hybridized carbons (Fsp3) is 0.969. The molecule has 0 N–H and O–H groups in total. The van der Waals surface area contributed by atoms with Crippen LogP contribution in [0.25, 0.3) is 0 Å². The van der Waals surface area contributed by atoms with E-state index in [1.807, 2.05) is 6.29 Å². The van der Waals surface area contributed by atoms with Gasteiger partial charge in [0.15, 0.2) is 6.29 Å². The smallest absolute Gasteiger partial charge is 0.198 e. The molecule has 0 aliphatic rings. The lowest BCUT2D eigenvalue weighted by Gasteiger charge is -2.17. The first-order valence-corrected chi connectivity index (χ1v) is 15.7. The second-order valence-corrected chi connectivity index (χ2v) is 10.9. The highest BCUT2D eigenvalue weighted by molar-refractivity contribution is 5.50. The molecule has 0 aliphatic heterocycles. The third-order valence-corrected chi connectivity index (χ3v) is 7.57. The molecule has 0 rings (SSSR count). The first-order valence-electron chi connectivity index (χ1n) is 15.7. The van der Waals surface area contributed by atoms with Crippen molar-refractivity contribution in [3.8, 4) is 0 Å². The average Bonchev–Trinajstić information content (AvgIpc) is 2.83. The van der Waals surface area contributed by atoms with Crippen molar-refractivity contribution in [1.82, 2.24) is 0 Å². The van der Waals surface area contributed by atoms with Gasteiger partial charge in [-0.05, 0) is 12.3 Å². The topological polar surface area (TPSA) is 17.1 Å². The number of hydrogen-bond donors (Lipinski definition) is 0. The number of carbonyl (C=O) groups excluding carboxylic acids is 1. The zero-order valence-electron chi connectivity index (χ0n) is 23.3. The maximum absolute atomic E-state index is 10.2. The third kappa shape index (κ3) is 27.8. The number of unbranched alkanes of at least 4 members (excludes halogenated alkanes) is 22. The van der Waals surface area contributed by atoms with E-state index in [0.29, 0.717) is 6.42 Å². The molecule has 1 unspecified atom stereocenters. The van der Waals surface area contributed by atoms with Crippen molar-refractivity contribution < 1.29 is 4.79 Å². The summed E-state index contributed by atoms with van der Waals surface area (Å²) in [5.41, 5.74) is 0. The molecule has 0 heterocycles. The molecule has 0 aromatic rings. The molecule has 0 bridgehead atoms. The van der Waals surface area contributed by atoms with Crippen LogP contribution < -0.4 is 0 Å². The Kier molecular flexibility index (Phi) is 29.4. The average molecular weight is 464 g/mol. The normalized spacial score (nSPS) is 12.3. The molecule has 0 saturated heterocycles. The molecule has 0 aliphatic carbocycles. The third-order valence-electron chi connectivity index (χ3n) is 7.57. The van der Waals surface area contributed by atoms with Gasteiger partial charge in [-0.2, -0.15) is 0 Å². The van der Waals surface area contributed by atoms with Crippen LogP contribution in [0.1, 0.15) is 194 Å². The van der Waals surface area contributed by atoms with Crippen molar-refractivity contribution in [3.63, 3.8) is 0 Å². The van der Waals surface area contributed by atoms with Gasteiger partial charge in [0.25, 0.3) is 0 Å². The van der Waals surface area contributed by atoms with Crippen LogP contribution in [0.15, 0.2) is 0 Å². The zero-order valence-corrected chi connectivity index (χ0v) is 23.3.